The molecule has 8 heteroatoms. The van der Waals surface area contributed by atoms with E-state index in [2.05, 4.69) is 15.4 Å². The maximum absolute atomic E-state index is 12.4. The number of nitrogens with zero attached hydrogens (tertiary/aromatic N) is 3. The summed E-state index contributed by atoms with van der Waals surface area (Å²) in [4.78, 5) is 16.4. The first-order chi connectivity index (χ1) is 11.9. The highest BCUT2D eigenvalue weighted by Crippen LogP contribution is 2.15. The smallest absolute Gasteiger partial charge is 0.255 e. The molecule has 1 amide bonds. The third kappa shape index (κ3) is 4.30. The fourth-order valence-electron chi connectivity index (χ4n) is 2.32. The van der Waals surface area contributed by atoms with E-state index in [9.17, 15) is 13.2 Å². The third-order valence-electron chi connectivity index (χ3n) is 3.52. The molecule has 1 aromatic heterocycles. The lowest BCUT2D eigenvalue weighted by molar-refractivity contribution is 0.102. The molecular formula is C17H16N4O3S. The average Bonchev–Trinajstić information content (AvgIpc) is 3.07. The van der Waals surface area contributed by atoms with Crippen LogP contribution in [0.25, 0.3) is 0 Å². The van der Waals surface area contributed by atoms with Crippen molar-refractivity contribution in [1.82, 2.24) is 14.8 Å². The molecule has 7 nitrogen and oxygen atoms in total. The number of rotatable bonds is 5. The molecule has 0 unspecified atom stereocenters. The normalized spacial score (nSPS) is 11.2. The highest BCUT2D eigenvalue weighted by molar-refractivity contribution is 7.90. The number of benzene rings is 2. The highest BCUT2D eigenvalue weighted by atomic mass is 32.2. The van der Waals surface area contributed by atoms with Crippen molar-refractivity contribution in [2.24, 2.45) is 0 Å². The number of nitrogens with one attached hydrogen (secondary N) is 1. The minimum absolute atomic E-state index is 0.111. The van der Waals surface area contributed by atoms with Gasteiger partial charge in [0.2, 0.25) is 0 Å². The molecule has 0 fully saturated rings. The molecule has 0 aliphatic heterocycles. The first-order valence-electron chi connectivity index (χ1n) is 7.45. The lowest BCUT2D eigenvalue weighted by Crippen LogP contribution is -2.13. The summed E-state index contributed by atoms with van der Waals surface area (Å²) in [7, 11) is -3.36. The molecule has 0 aliphatic carbocycles. The predicted molar refractivity (Wildman–Crippen MR) is 93.1 cm³/mol. The standard InChI is InChI=1S/C17H16N4O3S/c1-25(23,24)16-7-3-5-14(9-16)17(22)20-15-6-2-4-13(8-15)10-21-12-18-11-19-21/h2-9,11-12H,10H2,1H3,(H,20,22). The maximum atomic E-state index is 12.4. The number of amides is 1. The maximum Gasteiger partial charge on any atom is 0.255 e. The molecule has 0 saturated heterocycles. The van der Waals surface area contributed by atoms with Gasteiger partial charge < -0.3 is 5.32 Å². The van der Waals surface area contributed by atoms with E-state index >= 15 is 0 Å². The SMILES string of the molecule is CS(=O)(=O)c1cccc(C(=O)Nc2cccc(Cn3cncn3)c2)c1. The Kier molecular flexibility index (Phi) is 4.62. The van der Waals surface area contributed by atoms with Crippen LogP contribution in [0.5, 0.6) is 0 Å². The van der Waals surface area contributed by atoms with Crippen LogP contribution in [-0.4, -0.2) is 35.3 Å². The molecule has 0 spiro atoms. The van der Waals surface area contributed by atoms with Gasteiger partial charge in [-0.05, 0) is 35.9 Å². The van der Waals surface area contributed by atoms with Gasteiger partial charge in [-0.25, -0.2) is 18.1 Å². The zero-order chi connectivity index (χ0) is 17.9. The Morgan fingerprint density at radius 3 is 2.68 bits per heavy atom. The minimum atomic E-state index is -3.36. The molecule has 0 saturated carbocycles. The fourth-order valence-corrected chi connectivity index (χ4v) is 2.99. The van der Waals surface area contributed by atoms with Gasteiger partial charge in [0.1, 0.15) is 12.7 Å². The lowest BCUT2D eigenvalue weighted by Gasteiger charge is -2.08. The van der Waals surface area contributed by atoms with Crippen molar-refractivity contribution in [2.45, 2.75) is 11.4 Å². The molecule has 1 heterocycles. The Morgan fingerprint density at radius 2 is 1.96 bits per heavy atom. The van der Waals surface area contributed by atoms with Gasteiger partial charge in [0.05, 0.1) is 11.4 Å². The van der Waals surface area contributed by atoms with Gasteiger partial charge >= 0.3 is 0 Å². The Labute approximate surface area is 145 Å². The van der Waals surface area contributed by atoms with Gasteiger partial charge in [-0.15, -0.1) is 0 Å². The van der Waals surface area contributed by atoms with E-state index < -0.39 is 9.84 Å². The molecule has 1 N–H and O–H groups in total. The van der Waals surface area contributed by atoms with Crippen LogP contribution in [0.1, 0.15) is 15.9 Å². The number of anilines is 1. The van der Waals surface area contributed by atoms with Crippen molar-refractivity contribution < 1.29 is 13.2 Å². The highest BCUT2D eigenvalue weighted by Gasteiger charge is 2.12. The van der Waals surface area contributed by atoms with E-state index in [-0.39, 0.29) is 16.4 Å². The van der Waals surface area contributed by atoms with Crippen molar-refractivity contribution >= 4 is 21.4 Å². The summed E-state index contributed by atoms with van der Waals surface area (Å²) in [5.74, 6) is -0.372. The Bertz CT molecular complexity index is 998. The second-order valence-electron chi connectivity index (χ2n) is 5.55. The Hall–Kier alpha value is -3.00. The minimum Gasteiger partial charge on any atom is -0.322 e. The molecule has 0 aliphatic rings. The van der Waals surface area contributed by atoms with Crippen LogP contribution in [0.2, 0.25) is 0 Å². The first-order valence-corrected chi connectivity index (χ1v) is 9.34. The number of sulfone groups is 1. The molecule has 3 rings (SSSR count). The molecule has 25 heavy (non-hydrogen) atoms. The third-order valence-corrected chi connectivity index (χ3v) is 4.63. The second-order valence-corrected chi connectivity index (χ2v) is 7.56. The molecule has 2 aromatic carbocycles. The van der Waals surface area contributed by atoms with Crippen LogP contribution in [0.3, 0.4) is 0 Å². The van der Waals surface area contributed by atoms with Gasteiger partial charge in [0.15, 0.2) is 9.84 Å². The largest absolute Gasteiger partial charge is 0.322 e. The van der Waals surface area contributed by atoms with Crippen LogP contribution in [0.15, 0.2) is 66.1 Å². The molecule has 0 bridgehead atoms. The van der Waals surface area contributed by atoms with E-state index in [4.69, 9.17) is 0 Å². The topological polar surface area (TPSA) is 94.0 Å². The van der Waals surface area contributed by atoms with Gasteiger partial charge in [-0.2, -0.15) is 5.10 Å². The molecule has 0 radical (unpaired) electrons. The fraction of sp³-hybridized carbons (Fsp3) is 0.118. The number of hydrogen-bond acceptors (Lipinski definition) is 5. The predicted octanol–water partition coefficient (Wildman–Crippen LogP) is 1.98. The number of carbonyl (C=O) groups is 1. The average molecular weight is 356 g/mol. The first kappa shape index (κ1) is 16.8. The lowest BCUT2D eigenvalue weighted by atomic mass is 10.1. The van der Waals surface area contributed by atoms with Crippen molar-refractivity contribution in [1.29, 1.82) is 0 Å². The van der Waals surface area contributed by atoms with Crippen molar-refractivity contribution in [3.8, 4) is 0 Å². The van der Waals surface area contributed by atoms with E-state index in [1.54, 1.807) is 29.2 Å². The molecule has 128 valence electrons. The number of hydrogen-bond donors (Lipinski definition) is 1. The van der Waals surface area contributed by atoms with Crippen LogP contribution in [0.4, 0.5) is 5.69 Å². The summed E-state index contributed by atoms with van der Waals surface area (Å²) in [6.45, 7) is 0.535. The summed E-state index contributed by atoms with van der Waals surface area (Å²) in [5.41, 5.74) is 1.85. The number of aromatic nitrogens is 3. The van der Waals surface area contributed by atoms with E-state index in [1.807, 2.05) is 18.2 Å². The van der Waals surface area contributed by atoms with E-state index in [0.29, 0.717) is 12.2 Å². The van der Waals surface area contributed by atoms with Crippen LogP contribution in [0, 0.1) is 0 Å². The second kappa shape index (κ2) is 6.86. The van der Waals surface area contributed by atoms with Crippen LogP contribution < -0.4 is 5.32 Å². The van der Waals surface area contributed by atoms with Crippen molar-refractivity contribution in [3.05, 3.63) is 72.3 Å². The van der Waals surface area contributed by atoms with E-state index in [0.717, 1.165) is 11.8 Å². The summed E-state index contributed by atoms with van der Waals surface area (Å²) < 4.78 is 24.9. The zero-order valence-electron chi connectivity index (χ0n) is 13.5. The van der Waals surface area contributed by atoms with Crippen LogP contribution in [-0.2, 0) is 16.4 Å². The summed E-state index contributed by atoms with van der Waals surface area (Å²) in [5, 5.41) is 6.82. The van der Waals surface area contributed by atoms with E-state index in [1.165, 1.54) is 18.5 Å². The Morgan fingerprint density at radius 1 is 1.16 bits per heavy atom. The van der Waals surface area contributed by atoms with Gasteiger partial charge in [-0.1, -0.05) is 18.2 Å². The van der Waals surface area contributed by atoms with Gasteiger partial charge in [0, 0.05) is 17.5 Å². The molecular weight excluding hydrogens is 340 g/mol. The monoisotopic (exact) mass is 356 g/mol. The summed E-state index contributed by atoms with van der Waals surface area (Å²) in [6, 6.07) is 13.3. The molecule has 3 aromatic rings. The van der Waals surface area contributed by atoms with Crippen LogP contribution >= 0.6 is 0 Å². The van der Waals surface area contributed by atoms with Crippen molar-refractivity contribution in [2.75, 3.05) is 11.6 Å². The zero-order valence-corrected chi connectivity index (χ0v) is 14.3. The quantitative estimate of drug-likeness (QED) is 0.754. The summed E-state index contributed by atoms with van der Waals surface area (Å²) in [6.07, 6.45) is 4.18. The number of carbonyl (C=O) groups excluding carboxylic acids is 1. The van der Waals surface area contributed by atoms with Gasteiger partial charge in [0.25, 0.3) is 5.91 Å². The molecule has 0 atom stereocenters. The summed E-state index contributed by atoms with van der Waals surface area (Å²) >= 11 is 0. The van der Waals surface area contributed by atoms with Gasteiger partial charge in [-0.3, -0.25) is 4.79 Å². The van der Waals surface area contributed by atoms with Crippen molar-refractivity contribution in [3.63, 3.8) is 0 Å². The Balaban J connectivity index is 1.77.